The van der Waals surface area contributed by atoms with Gasteiger partial charge in [0.25, 0.3) is 0 Å². The van der Waals surface area contributed by atoms with Gasteiger partial charge < -0.3 is 5.32 Å². The Morgan fingerprint density at radius 2 is 2.05 bits per heavy atom. The van der Waals surface area contributed by atoms with Gasteiger partial charge in [0, 0.05) is 23.7 Å². The molecule has 0 atom stereocenters. The van der Waals surface area contributed by atoms with Crippen LogP contribution in [-0.2, 0) is 0 Å². The molecule has 2 rings (SSSR count). The van der Waals surface area contributed by atoms with Crippen molar-refractivity contribution in [2.75, 3.05) is 13.1 Å². The van der Waals surface area contributed by atoms with Gasteiger partial charge >= 0.3 is 0 Å². The highest BCUT2D eigenvalue weighted by molar-refractivity contribution is 5.87. The van der Waals surface area contributed by atoms with E-state index in [0.29, 0.717) is 5.92 Å². The topological polar surface area (TPSA) is 24.9 Å². The zero-order valence-electron chi connectivity index (χ0n) is 12.7. The maximum atomic E-state index is 4.51. The summed E-state index contributed by atoms with van der Waals surface area (Å²) in [5.41, 5.74) is 3.72. The van der Waals surface area contributed by atoms with Crippen molar-refractivity contribution in [3.8, 4) is 0 Å². The second-order valence-electron chi connectivity index (χ2n) is 5.60. The number of fused-ring (bicyclic) bond motifs is 1. The fraction of sp³-hybridized carbons (Fsp3) is 0.389. The fourth-order valence-electron chi connectivity index (χ4n) is 2.26. The molecular weight excluding hydrogens is 244 g/mol. The zero-order chi connectivity index (χ0) is 14.4. The summed E-state index contributed by atoms with van der Waals surface area (Å²) in [6.45, 7) is 8.69. The van der Waals surface area contributed by atoms with E-state index in [4.69, 9.17) is 0 Å². The Balaban J connectivity index is 2.21. The molecule has 2 aromatic rings. The van der Waals surface area contributed by atoms with Crippen LogP contribution in [0.5, 0.6) is 0 Å². The lowest BCUT2D eigenvalue weighted by molar-refractivity contribution is 0.569. The van der Waals surface area contributed by atoms with Crippen molar-refractivity contribution in [2.24, 2.45) is 5.92 Å². The molecule has 0 amide bonds. The highest BCUT2D eigenvalue weighted by atomic mass is 14.9. The molecule has 0 fully saturated rings. The lowest BCUT2D eigenvalue weighted by Gasteiger charge is -2.10. The number of hydrogen-bond acceptors (Lipinski definition) is 2. The van der Waals surface area contributed by atoms with E-state index < -0.39 is 0 Å². The lowest BCUT2D eigenvalue weighted by Crippen LogP contribution is -2.21. The Hall–Kier alpha value is -1.67. The summed E-state index contributed by atoms with van der Waals surface area (Å²) in [5.74, 6) is 0.687. The smallest absolute Gasteiger partial charge is 0.0774 e. The van der Waals surface area contributed by atoms with Crippen LogP contribution in [0.2, 0.25) is 0 Å². The Morgan fingerprint density at radius 1 is 1.25 bits per heavy atom. The third-order valence-corrected chi connectivity index (χ3v) is 3.38. The molecule has 0 aliphatic rings. The molecule has 106 valence electrons. The van der Waals surface area contributed by atoms with Gasteiger partial charge in [-0.3, -0.25) is 4.98 Å². The van der Waals surface area contributed by atoms with Gasteiger partial charge in [0.1, 0.15) is 0 Å². The lowest BCUT2D eigenvalue weighted by atomic mass is 10.1. The first kappa shape index (κ1) is 14.7. The second-order valence-corrected chi connectivity index (χ2v) is 5.60. The summed E-state index contributed by atoms with van der Waals surface area (Å²) in [5, 5.41) is 4.72. The minimum absolute atomic E-state index is 0.687. The summed E-state index contributed by atoms with van der Waals surface area (Å²) in [7, 11) is 0. The summed E-state index contributed by atoms with van der Waals surface area (Å²) in [4.78, 5) is 4.51. The Labute approximate surface area is 121 Å². The van der Waals surface area contributed by atoms with Crippen molar-refractivity contribution in [1.82, 2.24) is 10.3 Å². The van der Waals surface area contributed by atoms with Gasteiger partial charge in [0.15, 0.2) is 0 Å². The van der Waals surface area contributed by atoms with Gasteiger partial charge in [-0.2, -0.15) is 0 Å². The number of pyridine rings is 1. The van der Waals surface area contributed by atoms with Crippen LogP contribution in [0.15, 0.2) is 42.1 Å². The molecule has 1 N–H and O–H groups in total. The molecule has 2 heteroatoms. The molecule has 0 spiro atoms. The summed E-state index contributed by atoms with van der Waals surface area (Å²) < 4.78 is 0. The van der Waals surface area contributed by atoms with Crippen LogP contribution in [0.4, 0.5) is 0 Å². The van der Waals surface area contributed by atoms with Gasteiger partial charge in [-0.05, 0) is 24.9 Å². The van der Waals surface area contributed by atoms with E-state index in [0.717, 1.165) is 25.0 Å². The van der Waals surface area contributed by atoms with Crippen molar-refractivity contribution < 1.29 is 0 Å². The van der Waals surface area contributed by atoms with E-state index >= 15 is 0 Å². The van der Waals surface area contributed by atoms with Gasteiger partial charge in [-0.15, -0.1) is 0 Å². The van der Waals surface area contributed by atoms with Crippen LogP contribution >= 0.6 is 0 Å². The molecule has 0 saturated heterocycles. The predicted molar refractivity (Wildman–Crippen MR) is 87.7 cm³/mol. The van der Waals surface area contributed by atoms with Crippen molar-refractivity contribution in [2.45, 2.75) is 27.2 Å². The summed E-state index contributed by atoms with van der Waals surface area (Å²) in [6.07, 6.45) is 5.21. The molecule has 1 heterocycles. The predicted octanol–water partition coefficient (Wildman–Crippen LogP) is 4.27. The molecule has 0 bridgehead atoms. The maximum absolute atomic E-state index is 4.51. The Bertz CT molecular complexity index is 579. The number of hydrogen-bond donors (Lipinski definition) is 1. The molecule has 1 aromatic heterocycles. The number of nitrogens with one attached hydrogen (secondary N) is 1. The van der Waals surface area contributed by atoms with E-state index in [1.165, 1.54) is 16.5 Å². The van der Waals surface area contributed by atoms with Gasteiger partial charge in [0.2, 0.25) is 0 Å². The molecular formula is C18H24N2. The van der Waals surface area contributed by atoms with Crippen LogP contribution in [0.3, 0.4) is 0 Å². The highest BCUT2D eigenvalue weighted by Crippen LogP contribution is 2.19. The monoisotopic (exact) mass is 268 g/mol. The second kappa shape index (κ2) is 7.20. The molecule has 0 aliphatic heterocycles. The molecule has 20 heavy (non-hydrogen) atoms. The molecule has 2 nitrogen and oxygen atoms in total. The number of aromatic nitrogens is 1. The Kier molecular flexibility index (Phi) is 5.31. The quantitative estimate of drug-likeness (QED) is 0.846. The van der Waals surface area contributed by atoms with Crippen LogP contribution in [0.25, 0.3) is 17.0 Å². The van der Waals surface area contributed by atoms with E-state index in [9.17, 15) is 0 Å². The van der Waals surface area contributed by atoms with Crippen molar-refractivity contribution in [3.63, 3.8) is 0 Å². The number of para-hydroxylation sites is 1. The first-order chi connectivity index (χ1) is 9.70. The number of benzene rings is 1. The van der Waals surface area contributed by atoms with E-state index in [-0.39, 0.29) is 0 Å². The van der Waals surface area contributed by atoms with Gasteiger partial charge in [-0.1, -0.05) is 56.7 Å². The van der Waals surface area contributed by atoms with Crippen molar-refractivity contribution in [1.29, 1.82) is 0 Å². The Morgan fingerprint density at radius 3 is 2.80 bits per heavy atom. The zero-order valence-corrected chi connectivity index (χ0v) is 12.7. The van der Waals surface area contributed by atoms with Gasteiger partial charge in [0.05, 0.1) is 5.52 Å². The van der Waals surface area contributed by atoms with Crippen LogP contribution in [0.1, 0.15) is 32.8 Å². The molecule has 0 unspecified atom stereocenters. The fourth-order valence-corrected chi connectivity index (χ4v) is 2.26. The average molecular weight is 268 g/mol. The summed E-state index contributed by atoms with van der Waals surface area (Å²) in [6, 6.07) is 10.5. The van der Waals surface area contributed by atoms with Crippen LogP contribution < -0.4 is 5.32 Å². The average Bonchev–Trinajstić information content (AvgIpc) is 2.46. The maximum Gasteiger partial charge on any atom is 0.0774 e. The minimum atomic E-state index is 0.687. The first-order valence-corrected chi connectivity index (χ1v) is 7.44. The standard InChI is InChI=1S/C18H24N2/c1-4-15(13-19-12-14(2)3)11-17-8-5-7-16-9-6-10-20-18(16)17/h5-11,14,19H,4,12-13H2,1-3H3. The third kappa shape index (κ3) is 3.91. The summed E-state index contributed by atoms with van der Waals surface area (Å²) >= 11 is 0. The first-order valence-electron chi connectivity index (χ1n) is 7.44. The number of nitrogens with zero attached hydrogens (tertiary/aromatic N) is 1. The normalized spacial score (nSPS) is 12.3. The van der Waals surface area contributed by atoms with Gasteiger partial charge in [-0.25, -0.2) is 0 Å². The van der Waals surface area contributed by atoms with E-state index in [1.54, 1.807) is 0 Å². The highest BCUT2D eigenvalue weighted by Gasteiger charge is 2.01. The molecule has 0 radical (unpaired) electrons. The van der Waals surface area contributed by atoms with E-state index in [2.05, 4.69) is 61.4 Å². The number of rotatable bonds is 6. The van der Waals surface area contributed by atoms with Crippen LogP contribution in [-0.4, -0.2) is 18.1 Å². The molecule has 0 saturated carbocycles. The largest absolute Gasteiger partial charge is 0.313 e. The SMILES string of the molecule is CCC(=Cc1cccc2cccnc12)CNCC(C)C. The molecule has 1 aromatic carbocycles. The molecule has 0 aliphatic carbocycles. The minimum Gasteiger partial charge on any atom is -0.313 e. The van der Waals surface area contributed by atoms with Crippen molar-refractivity contribution in [3.05, 3.63) is 47.7 Å². The van der Waals surface area contributed by atoms with Crippen LogP contribution in [0, 0.1) is 5.92 Å². The van der Waals surface area contributed by atoms with Crippen molar-refractivity contribution >= 4 is 17.0 Å². The van der Waals surface area contributed by atoms with E-state index in [1.807, 2.05) is 12.3 Å². The third-order valence-electron chi connectivity index (χ3n) is 3.38.